The first kappa shape index (κ1) is 23.9. The number of carbonyl (C=O) groups excluding carboxylic acids is 2. The van der Waals surface area contributed by atoms with Gasteiger partial charge in [-0.15, -0.1) is 0 Å². The molecule has 1 atom stereocenters. The molecule has 3 aromatic rings. The molecule has 0 bridgehead atoms. The van der Waals surface area contributed by atoms with Crippen LogP contribution in [0, 0.1) is 16.7 Å². The number of para-hydroxylation sites is 1. The highest BCUT2D eigenvalue weighted by Crippen LogP contribution is 2.30. The Bertz CT molecular complexity index is 1350. The fourth-order valence-electron chi connectivity index (χ4n) is 3.62. The molecule has 10 heteroatoms. The Kier molecular flexibility index (Phi) is 6.56. The summed E-state index contributed by atoms with van der Waals surface area (Å²) >= 11 is 0. The molecule has 3 rings (SSSR count). The van der Waals surface area contributed by atoms with Gasteiger partial charge in [-0.05, 0) is 17.7 Å². The molecule has 33 heavy (non-hydrogen) atoms. The van der Waals surface area contributed by atoms with Gasteiger partial charge in [0, 0.05) is 18.0 Å². The number of hydrogen-bond acceptors (Lipinski definition) is 6. The van der Waals surface area contributed by atoms with Crippen LogP contribution in [-0.4, -0.2) is 41.8 Å². The van der Waals surface area contributed by atoms with Crippen molar-refractivity contribution < 1.29 is 18.0 Å². The number of fused-ring (bicyclic) bond motifs is 1. The Hall–Kier alpha value is -3.71. The van der Waals surface area contributed by atoms with Crippen molar-refractivity contribution in [3.8, 4) is 17.2 Å². The van der Waals surface area contributed by atoms with Crippen molar-refractivity contribution >= 4 is 32.6 Å². The van der Waals surface area contributed by atoms with E-state index in [0.29, 0.717) is 0 Å². The second-order valence-corrected chi connectivity index (χ2v) is 10.5. The van der Waals surface area contributed by atoms with E-state index in [-0.39, 0.29) is 11.3 Å². The number of aryl methyl sites for hydroxylation is 1. The van der Waals surface area contributed by atoms with E-state index in [1.165, 1.54) is 26.0 Å². The van der Waals surface area contributed by atoms with Gasteiger partial charge in [-0.2, -0.15) is 10.4 Å². The van der Waals surface area contributed by atoms with Crippen LogP contribution in [0.5, 0.6) is 0 Å². The first-order valence-electron chi connectivity index (χ1n) is 10.2. The normalized spacial score (nSPS) is 12.8. The number of amides is 2. The molecule has 172 valence electrons. The molecule has 3 N–H and O–H groups in total. The minimum absolute atomic E-state index is 0.0817. The van der Waals surface area contributed by atoms with Crippen molar-refractivity contribution in [3.63, 3.8) is 0 Å². The summed E-state index contributed by atoms with van der Waals surface area (Å²) in [5.74, 6) is -1.87. The van der Waals surface area contributed by atoms with Gasteiger partial charge < -0.3 is 11.1 Å². The molecule has 0 aliphatic carbocycles. The summed E-state index contributed by atoms with van der Waals surface area (Å²) in [4.78, 5) is 23.7. The second-order valence-electron chi connectivity index (χ2n) is 8.50. The quantitative estimate of drug-likeness (QED) is 0.517. The lowest BCUT2D eigenvalue weighted by Crippen LogP contribution is -2.46. The maximum absolute atomic E-state index is 13.0. The minimum Gasteiger partial charge on any atom is -0.370 e. The van der Waals surface area contributed by atoms with Crippen molar-refractivity contribution in [3.05, 3.63) is 48.7 Å². The fourth-order valence-corrected chi connectivity index (χ4v) is 5.41. The summed E-state index contributed by atoms with van der Waals surface area (Å²) in [6.07, 6.45) is 1.42. The Morgan fingerprint density at radius 1 is 1.21 bits per heavy atom. The van der Waals surface area contributed by atoms with E-state index in [2.05, 4.69) is 10.4 Å². The molecular formula is C23H25N5O4S. The van der Waals surface area contributed by atoms with Gasteiger partial charge in [0.2, 0.25) is 11.8 Å². The Labute approximate surface area is 192 Å². The van der Waals surface area contributed by atoms with Gasteiger partial charge in [0.15, 0.2) is 9.84 Å². The molecule has 2 amide bonds. The molecule has 2 aromatic carbocycles. The van der Waals surface area contributed by atoms with Gasteiger partial charge in [-0.25, -0.2) is 8.42 Å². The van der Waals surface area contributed by atoms with Crippen LogP contribution in [0.3, 0.4) is 0 Å². The average Bonchev–Trinajstić information content (AvgIpc) is 3.13. The first-order chi connectivity index (χ1) is 15.4. The third-order valence-electron chi connectivity index (χ3n) is 5.32. The predicted octanol–water partition coefficient (Wildman–Crippen LogP) is 1.92. The fraction of sp³-hybridized carbons (Fsp3) is 0.304. The maximum atomic E-state index is 13.0. The number of nitriles is 1. The smallest absolute Gasteiger partial charge is 0.227 e. The van der Waals surface area contributed by atoms with E-state index in [9.17, 15) is 18.0 Å². The van der Waals surface area contributed by atoms with Gasteiger partial charge in [-0.1, -0.05) is 44.2 Å². The molecule has 0 spiro atoms. The van der Waals surface area contributed by atoms with Crippen LogP contribution >= 0.6 is 0 Å². The summed E-state index contributed by atoms with van der Waals surface area (Å²) in [7, 11) is -1.97. The van der Waals surface area contributed by atoms with Crippen LogP contribution < -0.4 is 11.1 Å². The number of nitrogens with two attached hydrogens (primary N) is 1. The average molecular weight is 468 g/mol. The number of primary amides is 1. The van der Waals surface area contributed by atoms with Crippen molar-refractivity contribution in [1.29, 1.82) is 5.26 Å². The highest BCUT2D eigenvalue weighted by atomic mass is 32.2. The third-order valence-corrected chi connectivity index (χ3v) is 7.41. The van der Waals surface area contributed by atoms with E-state index < -0.39 is 38.9 Å². The molecule has 1 heterocycles. The SMILES string of the molecule is Cn1ncc2cccc(-c3ccc(S(=O)(=O)CC(C)(C)C(=O)N[C@H](C#N)CC(N)=O)cc3)c21. The van der Waals surface area contributed by atoms with Crippen molar-refractivity contribution in [2.75, 3.05) is 5.75 Å². The summed E-state index contributed by atoms with van der Waals surface area (Å²) < 4.78 is 27.8. The van der Waals surface area contributed by atoms with E-state index in [1.54, 1.807) is 29.1 Å². The number of nitrogens with one attached hydrogen (secondary N) is 1. The summed E-state index contributed by atoms with van der Waals surface area (Å²) in [5, 5.41) is 16.7. The van der Waals surface area contributed by atoms with Crippen molar-refractivity contribution in [2.24, 2.45) is 18.2 Å². The van der Waals surface area contributed by atoms with Crippen molar-refractivity contribution in [2.45, 2.75) is 31.2 Å². The number of benzene rings is 2. The first-order valence-corrected chi connectivity index (χ1v) is 11.8. The van der Waals surface area contributed by atoms with Crippen LogP contribution in [0.1, 0.15) is 20.3 Å². The molecule has 0 aliphatic rings. The van der Waals surface area contributed by atoms with Gasteiger partial charge in [0.25, 0.3) is 0 Å². The summed E-state index contributed by atoms with van der Waals surface area (Å²) in [6, 6.07) is 12.9. The van der Waals surface area contributed by atoms with Crippen LogP contribution in [-0.2, 0) is 26.5 Å². The van der Waals surface area contributed by atoms with Gasteiger partial charge >= 0.3 is 0 Å². The number of hydrogen-bond donors (Lipinski definition) is 2. The molecule has 0 fully saturated rings. The Morgan fingerprint density at radius 3 is 2.48 bits per heavy atom. The van der Waals surface area contributed by atoms with Crippen LogP contribution in [0.15, 0.2) is 53.6 Å². The van der Waals surface area contributed by atoms with Crippen LogP contribution in [0.4, 0.5) is 0 Å². The number of nitrogens with zero attached hydrogens (tertiary/aromatic N) is 3. The van der Waals surface area contributed by atoms with Gasteiger partial charge in [0.1, 0.15) is 6.04 Å². The Balaban J connectivity index is 1.81. The standard InChI is InChI=1S/C23H25N5O4S/c1-23(2,22(30)27-17(12-24)11-20(25)29)14-33(31,32)18-9-7-15(8-10-18)19-6-4-5-16-13-26-28(3)21(16)19/h4-10,13,17H,11,14H2,1-3H3,(H2,25,29)(H,27,30)/t17-/m0/s1. The minimum atomic E-state index is -3.82. The highest BCUT2D eigenvalue weighted by Gasteiger charge is 2.35. The number of aromatic nitrogens is 2. The lowest BCUT2D eigenvalue weighted by atomic mass is 9.94. The monoisotopic (exact) mass is 467 g/mol. The van der Waals surface area contributed by atoms with Gasteiger partial charge in [-0.3, -0.25) is 14.3 Å². The maximum Gasteiger partial charge on any atom is 0.227 e. The van der Waals surface area contributed by atoms with Gasteiger partial charge in [0.05, 0.1) is 40.3 Å². The molecule has 0 saturated carbocycles. The molecule has 0 saturated heterocycles. The predicted molar refractivity (Wildman–Crippen MR) is 123 cm³/mol. The number of sulfone groups is 1. The highest BCUT2D eigenvalue weighted by molar-refractivity contribution is 7.91. The number of carbonyl (C=O) groups is 2. The van der Waals surface area contributed by atoms with E-state index in [1.807, 2.05) is 25.2 Å². The molecule has 0 unspecified atom stereocenters. The van der Waals surface area contributed by atoms with Crippen LogP contribution in [0.25, 0.3) is 22.0 Å². The zero-order valence-corrected chi connectivity index (χ0v) is 19.4. The summed E-state index contributed by atoms with van der Waals surface area (Å²) in [5.41, 5.74) is 6.43. The summed E-state index contributed by atoms with van der Waals surface area (Å²) in [6.45, 7) is 2.94. The molecule has 0 aliphatic heterocycles. The zero-order chi connectivity index (χ0) is 24.4. The largest absolute Gasteiger partial charge is 0.370 e. The lowest BCUT2D eigenvalue weighted by molar-refractivity contribution is -0.129. The molecule has 9 nitrogen and oxygen atoms in total. The molecule has 0 radical (unpaired) electrons. The molecular weight excluding hydrogens is 442 g/mol. The zero-order valence-electron chi connectivity index (χ0n) is 18.6. The lowest BCUT2D eigenvalue weighted by Gasteiger charge is -2.24. The third kappa shape index (κ3) is 5.21. The van der Waals surface area contributed by atoms with Crippen molar-refractivity contribution in [1.82, 2.24) is 15.1 Å². The van der Waals surface area contributed by atoms with E-state index in [0.717, 1.165) is 22.0 Å². The second kappa shape index (κ2) is 9.03. The number of rotatable bonds is 8. The Morgan fingerprint density at radius 2 is 1.88 bits per heavy atom. The van der Waals surface area contributed by atoms with Crippen LogP contribution in [0.2, 0.25) is 0 Å². The molecule has 1 aromatic heterocycles. The topological polar surface area (TPSA) is 148 Å². The van der Waals surface area contributed by atoms with E-state index >= 15 is 0 Å². The van der Waals surface area contributed by atoms with E-state index in [4.69, 9.17) is 11.0 Å².